The van der Waals surface area contributed by atoms with E-state index < -0.39 is 22.4 Å². The Labute approximate surface area is 115 Å². The van der Waals surface area contributed by atoms with Gasteiger partial charge in [0.15, 0.2) is 0 Å². The van der Waals surface area contributed by atoms with Crippen molar-refractivity contribution in [2.75, 3.05) is 5.75 Å². The molecule has 3 N–H and O–H groups in total. The van der Waals surface area contributed by atoms with Gasteiger partial charge in [-0.2, -0.15) is 17.9 Å². The summed E-state index contributed by atoms with van der Waals surface area (Å²) in [6, 6.07) is 8.31. The minimum Gasteiger partial charge on any atom is -0.388 e. The van der Waals surface area contributed by atoms with Crippen LogP contribution in [0.15, 0.2) is 24.3 Å². The van der Waals surface area contributed by atoms with Crippen molar-refractivity contribution < 1.29 is 15.3 Å². The summed E-state index contributed by atoms with van der Waals surface area (Å²) in [5, 5.41) is 39.0. The number of benzene rings is 1. The Morgan fingerprint density at radius 1 is 1.33 bits per heavy atom. The van der Waals surface area contributed by atoms with Gasteiger partial charge in [0.2, 0.25) is 0 Å². The summed E-state index contributed by atoms with van der Waals surface area (Å²) < 4.78 is -0.418. The lowest BCUT2D eigenvalue weighted by Gasteiger charge is -2.42. The van der Waals surface area contributed by atoms with Crippen LogP contribution in [0.3, 0.4) is 0 Å². The minimum absolute atomic E-state index is 0.241. The molecule has 2 rings (SSSR count). The summed E-state index contributed by atoms with van der Waals surface area (Å²) in [7, 11) is 0. The number of aliphatic hydroxyl groups is 3. The molecule has 1 aromatic rings. The Morgan fingerprint density at radius 3 is 2.50 bits per heavy atom. The Morgan fingerprint density at radius 2 is 1.94 bits per heavy atom. The van der Waals surface area contributed by atoms with E-state index in [9.17, 15) is 15.3 Å². The monoisotopic (exact) mass is 283 g/mol. The summed E-state index contributed by atoms with van der Waals surface area (Å²) in [6.45, 7) is 0. The molecule has 1 aliphatic heterocycles. The van der Waals surface area contributed by atoms with Crippen molar-refractivity contribution in [3.63, 3.8) is 0 Å². The topological polar surface area (TPSA) is 84.5 Å². The second kappa shape index (κ2) is 5.11. The fraction of sp³-hybridized carbons (Fsp3) is 0.417. The molecule has 0 unspecified atom stereocenters. The Balaban J connectivity index is 2.32. The van der Waals surface area contributed by atoms with Gasteiger partial charge in [0.1, 0.15) is 17.8 Å². The molecule has 1 heterocycles. The van der Waals surface area contributed by atoms with Crippen molar-refractivity contribution in [3.05, 3.63) is 35.4 Å². The lowest BCUT2D eigenvalue weighted by atomic mass is 9.86. The SMILES string of the molecule is N#Cc1ccc([C@@]2(O)CS[C@@H](S)[C@H](O)[C@H]2O)cc1. The van der Waals surface area contributed by atoms with Gasteiger partial charge in [-0.05, 0) is 17.7 Å². The predicted octanol–water partition coefficient (Wildman–Crippen LogP) is 0.470. The molecule has 6 heteroatoms. The van der Waals surface area contributed by atoms with E-state index >= 15 is 0 Å². The molecule has 1 fully saturated rings. The molecule has 1 aromatic carbocycles. The van der Waals surface area contributed by atoms with Crippen LogP contribution < -0.4 is 0 Å². The minimum atomic E-state index is -1.52. The highest BCUT2D eigenvalue weighted by Crippen LogP contribution is 2.40. The van der Waals surface area contributed by atoms with Crippen molar-refractivity contribution in [3.8, 4) is 6.07 Å². The average Bonchev–Trinajstić information content (AvgIpc) is 2.41. The number of nitrogens with zero attached hydrogens (tertiary/aromatic N) is 1. The molecule has 0 saturated carbocycles. The number of hydrogen-bond acceptors (Lipinski definition) is 6. The molecule has 0 aliphatic carbocycles. The molecule has 1 aliphatic rings. The van der Waals surface area contributed by atoms with E-state index in [-0.39, 0.29) is 5.75 Å². The molecule has 1 saturated heterocycles. The lowest BCUT2D eigenvalue weighted by Crippen LogP contribution is -2.54. The van der Waals surface area contributed by atoms with Gasteiger partial charge in [-0.15, -0.1) is 11.8 Å². The molecule has 0 aromatic heterocycles. The van der Waals surface area contributed by atoms with E-state index in [2.05, 4.69) is 12.6 Å². The van der Waals surface area contributed by atoms with Crippen molar-refractivity contribution in [2.24, 2.45) is 0 Å². The summed E-state index contributed by atoms with van der Waals surface area (Å²) in [5.74, 6) is 0.241. The number of thioether (sulfide) groups is 1. The molecular formula is C12H13NO3S2. The van der Waals surface area contributed by atoms with Gasteiger partial charge >= 0.3 is 0 Å². The molecule has 4 nitrogen and oxygen atoms in total. The van der Waals surface area contributed by atoms with Crippen LogP contribution >= 0.6 is 24.4 Å². The standard InChI is InChI=1S/C12H13NO3S2/c13-5-7-1-3-8(4-2-7)12(16)6-18-11(17)9(14)10(12)15/h1-4,9-11,14-17H,6H2/t9-,10-,11-,12+/m1/s1. The first-order valence-electron chi connectivity index (χ1n) is 5.38. The Bertz CT molecular complexity index is 473. The van der Waals surface area contributed by atoms with E-state index in [4.69, 9.17) is 5.26 Å². The van der Waals surface area contributed by atoms with Gasteiger partial charge in [0.25, 0.3) is 0 Å². The van der Waals surface area contributed by atoms with Gasteiger partial charge in [-0.3, -0.25) is 0 Å². The average molecular weight is 283 g/mol. The van der Waals surface area contributed by atoms with Crippen molar-refractivity contribution in [1.82, 2.24) is 0 Å². The first-order chi connectivity index (χ1) is 8.49. The maximum atomic E-state index is 10.5. The van der Waals surface area contributed by atoms with Gasteiger partial charge in [0, 0.05) is 5.75 Å². The van der Waals surface area contributed by atoms with Gasteiger partial charge in [0.05, 0.1) is 16.2 Å². The number of hydrogen-bond donors (Lipinski definition) is 4. The molecule has 0 amide bonds. The normalized spacial score (nSPS) is 36.1. The van der Waals surface area contributed by atoms with Gasteiger partial charge in [-0.25, -0.2) is 0 Å². The molecule has 0 bridgehead atoms. The summed E-state index contributed by atoms with van der Waals surface area (Å²) in [6.07, 6.45) is -2.40. The highest BCUT2D eigenvalue weighted by molar-refractivity contribution is 8.10. The van der Waals surface area contributed by atoms with Crippen LogP contribution in [0.1, 0.15) is 11.1 Å². The Hall–Kier alpha value is -0.710. The van der Waals surface area contributed by atoms with E-state index in [1.54, 1.807) is 24.3 Å². The summed E-state index contributed by atoms with van der Waals surface area (Å²) in [4.78, 5) is 0. The van der Waals surface area contributed by atoms with Crippen LogP contribution in [0.5, 0.6) is 0 Å². The zero-order valence-corrected chi connectivity index (χ0v) is 11.1. The number of rotatable bonds is 1. The molecule has 0 radical (unpaired) electrons. The fourth-order valence-electron chi connectivity index (χ4n) is 1.92. The third-order valence-electron chi connectivity index (χ3n) is 3.09. The van der Waals surface area contributed by atoms with Crippen LogP contribution in [-0.4, -0.2) is 37.9 Å². The summed E-state index contributed by atoms with van der Waals surface area (Å²) >= 11 is 5.42. The molecule has 4 atom stereocenters. The first-order valence-corrected chi connectivity index (χ1v) is 6.94. The van der Waals surface area contributed by atoms with Crippen molar-refractivity contribution >= 4 is 24.4 Å². The smallest absolute Gasteiger partial charge is 0.127 e. The zero-order valence-electron chi connectivity index (χ0n) is 9.39. The quantitative estimate of drug-likeness (QED) is 0.563. The van der Waals surface area contributed by atoms with Crippen LogP contribution in [0.4, 0.5) is 0 Å². The second-order valence-corrected chi connectivity index (χ2v) is 6.29. The van der Waals surface area contributed by atoms with E-state index in [1.807, 2.05) is 6.07 Å². The van der Waals surface area contributed by atoms with E-state index in [0.29, 0.717) is 11.1 Å². The maximum absolute atomic E-state index is 10.5. The highest BCUT2D eigenvalue weighted by Gasteiger charge is 2.47. The molecule has 96 valence electrons. The third-order valence-corrected chi connectivity index (χ3v) is 5.07. The van der Waals surface area contributed by atoms with Crippen LogP contribution in [-0.2, 0) is 5.60 Å². The highest BCUT2D eigenvalue weighted by atomic mass is 32.2. The first kappa shape index (κ1) is 13.7. The van der Waals surface area contributed by atoms with Gasteiger partial charge in [-0.1, -0.05) is 12.1 Å². The Kier molecular flexibility index (Phi) is 3.90. The van der Waals surface area contributed by atoms with Crippen molar-refractivity contribution in [1.29, 1.82) is 5.26 Å². The predicted molar refractivity (Wildman–Crippen MR) is 72.3 cm³/mol. The third kappa shape index (κ3) is 2.25. The van der Waals surface area contributed by atoms with Crippen LogP contribution in [0.2, 0.25) is 0 Å². The van der Waals surface area contributed by atoms with E-state index in [0.717, 1.165) is 0 Å². The van der Waals surface area contributed by atoms with Crippen molar-refractivity contribution in [2.45, 2.75) is 22.4 Å². The maximum Gasteiger partial charge on any atom is 0.127 e. The molecule has 0 spiro atoms. The lowest BCUT2D eigenvalue weighted by molar-refractivity contribution is -0.117. The fourth-order valence-corrected chi connectivity index (χ4v) is 3.42. The van der Waals surface area contributed by atoms with Gasteiger partial charge < -0.3 is 15.3 Å². The largest absolute Gasteiger partial charge is 0.388 e. The molecular weight excluding hydrogens is 270 g/mol. The second-order valence-electron chi connectivity index (χ2n) is 4.25. The number of nitriles is 1. The zero-order chi connectivity index (χ0) is 13.3. The van der Waals surface area contributed by atoms with E-state index in [1.165, 1.54) is 11.8 Å². The summed E-state index contributed by atoms with van der Waals surface area (Å²) in [5.41, 5.74) is -0.550. The number of thiol groups is 1. The van der Waals surface area contributed by atoms with Crippen LogP contribution in [0, 0.1) is 11.3 Å². The van der Waals surface area contributed by atoms with Crippen LogP contribution in [0.25, 0.3) is 0 Å². The molecule has 18 heavy (non-hydrogen) atoms. The number of aliphatic hydroxyl groups excluding tert-OH is 2.